The maximum atomic E-state index is 13.4. The first-order valence-electron chi connectivity index (χ1n) is 6.20. The highest BCUT2D eigenvalue weighted by Gasteiger charge is 2.15. The topological polar surface area (TPSA) is 60.8 Å². The minimum atomic E-state index is -0.540. The lowest BCUT2D eigenvalue weighted by Gasteiger charge is -2.19. The van der Waals surface area contributed by atoms with Gasteiger partial charge in [0.2, 0.25) is 0 Å². The predicted octanol–water partition coefficient (Wildman–Crippen LogP) is 1.94. The number of benzene rings is 1. The van der Waals surface area contributed by atoms with Gasteiger partial charge in [-0.2, -0.15) is 0 Å². The lowest BCUT2D eigenvalue weighted by atomic mass is 10.0. The first-order valence-corrected chi connectivity index (χ1v) is 6.20. The van der Waals surface area contributed by atoms with E-state index in [0.29, 0.717) is 25.1 Å². The Hall–Kier alpha value is -1.46. The number of nitrogens with zero attached hydrogens (tertiary/aromatic N) is 1. The monoisotopic (exact) mass is 269 g/mol. The summed E-state index contributed by atoms with van der Waals surface area (Å²) in [6.45, 7) is 3.91. The number of carbonyl (C=O) groups excluding carboxylic acids is 1. The van der Waals surface area contributed by atoms with Gasteiger partial charge in [0, 0.05) is 18.7 Å². The van der Waals surface area contributed by atoms with E-state index in [2.05, 4.69) is 0 Å². The summed E-state index contributed by atoms with van der Waals surface area (Å²) in [4.78, 5) is 13.2. The van der Waals surface area contributed by atoms with E-state index in [4.69, 9.17) is 0 Å². The van der Waals surface area contributed by atoms with Crippen LogP contribution < -0.4 is 0 Å². The molecule has 0 radical (unpaired) electrons. The fraction of sp³-hybridized carbons (Fsp3) is 0.500. The molecule has 0 spiro atoms. The van der Waals surface area contributed by atoms with Crippen molar-refractivity contribution in [2.45, 2.75) is 32.9 Å². The quantitative estimate of drug-likeness (QED) is 0.775. The van der Waals surface area contributed by atoms with Crippen molar-refractivity contribution in [1.29, 1.82) is 0 Å². The van der Waals surface area contributed by atoms with Crippen LogP contribution in [-0.4, -0.2) is 40.6 Å². The smallest absolute Gasteiger partial charge is 0.163 e. The van der Waals surface area contributed by atoms with Crippen molar-refractivity contribution in [2.24, 2.45) is 0 Å². The minimum absolute atomic E-state index is 0.000994. The number of aliphatic hydroxyl groups is 1. The fourth-order valence-electron chi connectivity index (χ4n) is 1.82. The third-order valence-corrected chi connectivity index (χ3v) is 2.90. The molecule has 0 amide bonds. The molecule has 0 aliphatic heterocycles. The lowest BCUT2D eigenvalue weighted by Crippen LogP contribution is -2.22. The summed E-state index contributed by atoms with van der Waals surface area (Å²) in [6, 6.07) is 2.26. The summed E-state index contributed by atoms with van der Waals surface area (Å²) < 4.78 is 13.4. The lowest BCUT2D eigenvalue weighted by molar-refractivity contribution is 0.101. The van der Waals surface area contributed by atoms with Crippen LogP contribution in [0.15, 0.2) is 12.1 Å². The van der Waals surface area contributed by atoms with E-state index >= 15 is 0 Å². The first kappa shape index (κ1) is 15.6. The van der Waals surface area contributed by atoms with Gasteiger partial charge in [-0.1, -0.05) is 0 Å². The molecule has 5 heteroatoms. The zero-order valence-corrected chi connectivity index (χ0v) is 11.5. The van der Waals surface area contributed by atoms with Crippen LogP contribution >= 0.6 is 0 Å². The van der Waals surface area contributed by atoms with E-state index in [1.54, 1.807) is 14.0 Å². The number of hydrogen-bond donors (Lipinski definition) is 2. The van der Waals surface area contributed by atoms with Crippen LogP contribution in [0.5, 0.6) is 5.75 Å². The third-order valence-electron chi connectivity index (χ3n) is 2.90. The summed E-state index contributed by atoms with van der Waals surface area (Å²) in [5, 5.41) is 19.1. The zero-order chi connectivity index (χ0) is 14.6. The van der Waals surface area contributed by atoms with Crippen molar-refractivity contribution >= 4 is 5.78 Å². The molecule has 0 aliphatic carbocycles. The summed E-state index contributed by atoms with van der Waals surface area (Å²) in [7, 11) is 1.81. The van der Waals surface area contributed by atoms with Crippen LogP contribution in [-0.2, 0) is 6.54 Å². The molecule has 1 unspecified atom stereocenters. The molecule has 0 bridgehead atoms. The number of carbonyl (C=O) groups is 1. The maximum absolute atomic E-state index is 13.4. The molecule has 1 atom stereocenters. The summed E-state index contributed by atoms with van der Waals surface area (Å²) in [5.74, 6) is -1.08. The van der Waals surface area contributed by atoms with Crippen LogP contribution in [0.2, 0.25) is 0 Å². The van der Waals surface area contributed by atoms with E-state index < -0.39 is 11.9 Å². The molecule has 0 aromatic heterocycles. The molecule has 0 fully saturated rings. The first-order chi connectivity index (χ1) is 8.81. The highest BCUT2D eigenvalue weighted by molar-refractivity contribution is 5.97. The minimum Gasteiger partial charge on any atom is -0.507 e. The summed E-state index contributed by atoms with van der Waals surface area (Å²) >= 11 is 0. The van der Waals surface area contributed by atoms with E-state index in [9.17, 15) is 19.4 Å². The fourth-order valence-corrected chi connectivity index (χ4v) is 1.82. The maximum Gasteiger partial charge on any atom is 0.163 e. The van der Waals surface area contributed by atoms with Gasteiger partial charge in [0.25, 0.3) is 0 Å². The van der Waals surface area contributed by atoms with Gasteiger partial charge in [0.1, 0.15) is 11.6 Å². The van der Waals surface area contributed by atoms with E-state index in [0.717, 1.165) is 6.07 Å². The Kier molecular flexibility index (Phi) is 5.44. The Bertz CT molecular complexity index is 460. The van der Waals surface area contributed by atoms with Gasteiger partial charge in [-0.25, -0.2) is 4.39 Å². The largest absolute Gasteiger partial charge is 0.507 e. The number of phenols is 1. The summed E-state index contributed by atoms with van der Waals surface area (Å²) in [6.07, 6.45) is 0.183. The standard InChI is InChI=1S/C14H20FNO3/c1-9(17)4-5-16(3)8-11-6-12(15)7-13(10(2)18)14(11)19/h6-7,9,17,19H,4-5,8H2,1-3H3. The van der Waals surface area contributed by atoms with Crippen molar-refractivity contribution in [3.8, 4) is 5.75 Å². The summed E-state index contributed by atoms with van der Waals surface area (Å²) in [5.41, 5.74) is 0.372. The van der Waals surface area contributed by atoms with E-state index in [1.165, 1.54) is 13.0 Å². The molecule has 1 aromatic carbocycles. The molecule has 0 saturated carbocycles. The molecular weight excluding hydrogens is 249 g/mol. The van der Waals surface area contributed by atoms with Crippen molar-refractivity contribution in [2.75, 3.05) is 13.6 Å². The second-order valence-corrected chi connectivity index (χ2v) is 4.89. The Morgan fingerprint density at radius 2 is 2.11 bits per heavy atom. The Morgan fingerprint density at radius 1 is 1.47 bits per heavy atom. The SMILES string of the molecule is CC(=O)c1cc(F)cc(CN(C)CCC(C)O)c1O. The van der Waals surface area contributed by atoms with E-state index in [-0.39, 0.29) is 17.1 Å². The van der Waals surface area contributed by atoms with Crippen LogP contribution in [0.4, 0.5) is 4.39 Å². The van der Waals surface area contributed by atoms with Gasteiger partial charge in [-0.3, -0.25) is 4.79 Å². The van der Waals surface area contributed by atoms with E-state index in [1.807, 2.05) is 4.90 Å². The number of ketones is 1. The molecule has 2 N–H and O–H groups in total. The molecular formula is C14H20FNO3. The van der Waals surface area contributed by atoms with Gasteiger partial charge in [0.15, 0.2) is 5.78 Å². The molecule has 0 saturated heterocycles. The number of aliphatic hydroxyl groups excluding tert-OH is 1. The highest BCUT2D eigenvalue weighted by atomic mass is 19.1. The molecule has 4 nitrogen and oxygen atoms in total. The molecule has 1 rings (SSSR count). The Balaban J connectivity index is 2.86. The van der Waals surface area contributed by atoms with Crippen LogP contribution in [0.25, 0.3) is 0 Å². The van der Waals surface area contributed by atoms with Gasteiger partial charge >= 0.3 is 0 Å². The second kappa shape index (κ2) is 6.63. The predicted molar refractivity (Wildman–Crippen MR) is 70.7 cm³/mol. The van der Waals surface area contributed by atoms with Crippen LogP contribution in [0.3, 0.4) is 0 Å². The number of halogens is 1. The molecule has 19 heavy (non-hydrogen) atoms. The number of aromatic hydroxyl groups is 1. The molecule has 1 aromatic rings. The third kappa shape index (κ3) is 4.61. The zero-order valence-electron chi connectivity index (χ0n) is 11.5. The van der Waals surface area contributed by atoms with Gasteiger partial charge in [-0.15, -0.1) is 0 Å². The molecule has 0 aliphatic rings. The second-order valence-electron chi connectivity index (χ2n) is 4.89. The number of hydrogen-bond acceptors (Lipinski definition) is 4. The van der Waals surface area contributed by atoms with Gasteiger partial charge in [-0.05, 0) is 39.4 Å². The van der Waals surface area contributed by atoms with Crippen molar-refractivity contribution < 1.29 is 19.4 Å². The number of phenolic OH excluding ortho intramolecular Hbond substituents is 1. The average molecular weight is 269 g/mol. The van der Waals surface area contributed by atoms with Gasteiger partial charge < -0.3 is 15.1 Å². The normalized spacial score (nSPS) is 12.7. The number of Topliss-reactive ketones (excluding diaryl/α,β-unsaturated/α-hetero) is 1. The number of rotatable bonds is 6. The van der Waals surface area contributed by atoms with Crippen molar-refractivity contribution in [3.63, 3.8) is 0 Å². The van der Waals surface area contributed by atoms with Crippen LogP contribution in [0.1, 0.15) is 36.2 Å². The van der Waals surface area contributed by atoms with Crippen molar-refractivity contribution in [3.05, 3.63) is 29.1 Å². The van der Waals surface area contributed by atoms with Crippen molar-refractivity contribution in [1.82, 2.24) is 4.90 Å². The average Bonchev–Trinajstić information content (AvgIpc) is 2.30. The Morgan fingerprint density at radius 3 is 2.63 bits per heavy atom. The van der Waals surface area contributed by atoms with Crippen LogP contribution in [0, 0.1) is 5.82 Å². The molecule has 0 heterocycles. The molecule has 106 valence electrons. The Labute approximate surface area is 112 Å². The van der Waals surface area contributed by atoms with Gasteiger partial charge in [0.05, 0.1) is 11.7 Å². The highest BCUT2D eigenvalue weighted by Crippen LogP contribution is 2.25.